The molecule has 1 aliphatic rings. The van der Waals surface area contributed by atoms with Crippen LogP contribution in [0, 0.1) is 5.92 Å². The third kappa shape index (κ3) is 3.32. The summed E-state index contributed by atoms with van der Waals surface area (Å²) in [6.07, 6.45) is -2.67. The Labute approximate surface area is 143 Å². The number of nitrogens with one attached hydrogen (secondary N) is 2. The second-order valence-electron chi connectivity index (χ2n) is 5.94. The molecule has 1 fully saturated rings. The summed E-state index contributed by atoms with van der Waals surface area (Å²) in [6.45, 7) is 0.257. The van der Waals surface area contributed by atoms with Gasteiger partial charge in [0, 0.05) is 5.69 Å². The molecule has 0 saturated heterocycles. The van der Waals surface area contributed by atoms with Gasteiger partial charge in [0.05, 0.1) is 12.2 Å². The molecule has 4 rings (SSSR count). The molecular formula is C15H12F3N5O3. The highest BCUT2D eigenvalue weighted by atomic mass is 19.4. The number of benzene rings is 1. The molecule has 26 heavy (non-hydrogen) atoms. The monoisotopic (exact) mass is 367 g/mol. The lowest BCUT2D eigenvalue weighted by molar-refractivity contribution is -0.138. The van der Waals surface area contributed by atoms with Crippen molar-refractivity contribution in [2.45, 2.75) is 19.0 Å². The summed E-state index contributed by atoms with van der Waals surface area (Å²) < 4.78 is 49.7. The van der Waals surface area contributed by atoms with E-state index in [2.05, 4.69) is 30.2 Å². The number of rotatable bonds is 5. The van der Waals surface area contributed by atoms with Crippen molar-refractivity contribution in [3.8, 4) is 5.75 Å². The van der Waals surface area contributed by atoms with Gasteiger partial charge in [-0.3, -0.25) is 9.78 Å². The third-order valence-electron chi connectivity index (χ3n) is 3.86. The molecule has 2 N–H and O–H groups in total. The first-order chi connectivity index (χ1) is 12.4. The number of aromatic nitrogens is 4. The molecule has 1 saturated carbocycles. The molecule has 136 valence electrons. The van der Waals surface area contributed by atoms with Crippen LogP contribution in [0.4, 0.5) is 24.7 Å². The summed E-state index contributed by atoms with van der Waals surface area (Å²) in [5, 5.41) is 9.45. The van der Waals surface area contributed by atoms with E-state index in [1.165, 1.54) is 12.1 Å². The van der Waals surface area contributed by atoms with E-state index in [0.29, 0.717) is 5.92 Å². The lowest BCUT2D eigenvalue weighted by Crippen LogP contribution is -2.15. The van der Waals surface area contributed by atoms with Gasteiger partial charge in [0.1, 0.15) is 5.75 Å². The molecule has 0 aliphatic heterocycles. The number of nitrogens with zero attached hydrogens (tertiary/aromatic N) is 3. The molecule has 0 amide bonds. The number of alkyl halides is 3. The van der Waals surface area contributed by atoms with Crippen molar-refractivity contribution in [2.24, 2.45) is 5.92 Å². The second-order valence-corrected chi connectivity index (χ2v) is 5.94. The molecule has 0 spiro atoms. The predicted octanol–water partition coefficient (Wildman–Crippen LogP) is 2.86. The number of hydrogen-bond donors (Lipinski definition) is 2. The van der Waals surface area contributed by atoms with Gasteiger partial charge < -0.3 is 10.1 Å². The Morgan fingerprint density at radius 1 is 1.31 bits per heavy atom. The van der Waals surface area contributed by atoms with Crippen LogP contribution >= 0.6 is 0 Å². The van der Waals surface area contributed by atoms with Crippen molar-refractivity contribution in [1.29, 1.82) is 0 Å². The van der Waals surface area contributed by atoms with Crippen molar-refractivity contribution in [3.63, 3.8) is 0 Å². The highest BCUT2D eigenvalue weighted by Gasteiger charge is 2.35. The topological polar surface area (TPSA) is 106 Å². The van der Waals surface area contributed by atoms with Crippen LogP contribution in [0.3, 0.4) is 0 Å². The molecule has 1 aliphatic carbocycles. The van der Waals surface area contributed by atoms with E-state index in [0.717, 1.165) is 18.9 Å². The molecular weight excluding hydrogens is 355 g/mol. The van der Waals surface area contributed by atoms with Crippen molar-refractivity contribution in [1.82, 2.24) is 20.3 Å². The van der Waals surface area contributed by atoms with Gasteiger partial charge in [-0.05, 0) is 47.3 Å². The summed E-state index contributed by atoms with van der Waals surface area (Å²) >= 11 is 0. The van der Waals surface area contributed by atoms with E-state index in [-0.39, 0.29) is 35.2 Å². The van der Waals surface area contributed by atoms with Gasteiger partial charge in [-0.25, -0.2) is 4.63 Å². The van der Waals surface area contributed by atoms with Gasteiger partial charge in [0.2, 0.25) is 11.3 Å². The summed E-state index contributed by atoms with van der Waals surface area (Å²) in [6, 6.07) is 3.47. The maximum absolute atomic E-state index is 13.3. The molecule has 2 heterocycles. The molecule has 0 unspecified atom stereocenters. The van der Waals surface area contributed by atoms with Gasteiger partial charge in [0.25, 0.3) is 5.56 Å². The summed E-state index contributed by atoms with van der Waals surface area (Å²) in [4.78, 5) is 18.2. The third-order valence-corrected chi connectivity index (χ3v) is 3.86. The van der Waals surface area contributed by atoms with Crippen molar-refractivity contribution >= 4 is 22.8 Å². The lowest BCUT2D eigenvalue weighted by Gasteiger charge is -2.15. The fourth-order valence-corrected chi connectivity index (χ4v) is 2.33. The Hall–Kier alpha value is -3.11. The van der Waals surface area contributed by atoms with Crippen molar-refractivity contribution in [2.75, 3.05) is 11.9 Å². The van der Waals surface area contributed by atoms with E-state index in [1.807, 2.05) is 0 Å². The maximum Gasteiger partial charge on any atom is 0.420 e. The van der Waals surface area contributed by atoms with Gasteiger partial charge in [0.15, 0.2) is 5.82 Å². The Bertz CT molecular complexity index is 1010. The molecule has 0 radical (unpaired) electrons. The molecule has 0 bridgehead atoms. The van der Waals surface area contributed by atoms with Crippen LogP contribution in [-0.4, -0.2) is 26.9 Å². The van der Waals surface area contributed by atoms with Crippen molar-refractivity contribution in [3.05, 3.63) is 34.1 Å². The van der Waals surface area contributed by atoms with Gasteiger partial charge in [-0.15, -0.1) is 0 Å². The molecule has 0 atom stereocenters. The smallest absolute Gasteiger partial charge is 0.420 e. The molecule has 11 heteroatoms. The van der Waals surface area contributed by atoms with E-state index >= 15 is 0 Å². The minimum absolute atomic E-state index is 0.0209. The highest BCUT2D eigenvalue weighted by molar-refractivity contribution is 5.67. The normalized spacial score (nSPS) is 14.6. The van der Waals surface area contributed by atoms with Crippen molar-refractivity contribution < 1.29 is 22.5 Å². The minimum atomic E-state index is -4.60. The molecule has 2 aromatic heterocycles. The number of aromatic amines is 1. The first-order valence-corrected chi connectivity index (χ1v) is 7.74. The number of hydrogen-bond acceptors (Lipinski definition) is 7. The fourth-order valence-electron chi connectivity index (χ4n) is 2.33. The number of fused-ring (bicyclic) bond motifs is 1. The Balaban J connectivity index is 1.64. The zero-order valence-corrected chi connectivity index (χ0v) is 13.1. The van der Waals surface area contributed by atoms with Gasteiger partial charge in [-0.1, -0.05) is 0 Å². The summed E-state index contributed by atoms with van der Waals surface area (Å²) in [5.74, 6) is -0.152. The van der Waals surface area contributed by atoms with Crippen LogP contribution in [0.1, 0.15) is 18.4 Å². The predicted molar refractivity (Wildman–Crippen MR) is 83.2 cm³/mol. The van der Waals surface area contributed by atoms with Crippen LogP contribution in [0.2, 0.25) is 0 Å². The number of halogens is 3. The van der Waals surface area contributed by atoms with Crippen LogP contribution in [0.15, 0.2) is 27.6 Å². The zero-order chi connectivity index (χ0) is 18.3. The largest absolute Gasteiger partial charge is 0.493 e. The zero-order valence-electron chi connectivity index (χ0n) is 13.1. The van der Waals surface area contributed by atoms with Crippen LogP contribution in [0.5, 0.6) is 5.75 Å². The standard InChI is InChI=1S/C15H12F3N5O3/c16-15(17,18)9-5-8(3-4-10(9)25-6-7-1-2-7)19-13-14(24)21-12-11(20-13)22-26-23-12/h3-5,7H,1-2,6H2,(H,19,20,22)(H,21,23,24). The number of anilines is 2. The first-order valence-electron chi connectivity index (χ1n) is 7.74. The van der Waals surface area contributed by atoms with Crippen LogP contribution in [-0.2, 0) is 6.18 Å². The summed E-state index contributed by atoms with van der Waals surface area (Å²) in [5.41, 5.74) is -1.50. The minimum Gasteiger partial charge on any atom is -0.493 e. The maximum atomic E-state index is 13.3. The fraction of sp³-hybridized carbons (Fsp3) is 0.333. The molecule has 3 aromatic rings. The molecule has 8 nitrogen and oxygen atoms in total. The average Bonchev–Trinajstić information content (AvgIpc) is 3.31. The van der Waals surface area contributed by atoms with E-state index in [9.17, 15) is 18.0 Å². The van der Waals surface area contributed by atoms with Gasteiger partial charge >= 0.3 is 6.18 Å². The van der Waals surface area contributed by atoms with E-state index in [4.69, 9.17) is 4.74 Å². The quantitative estimate of drug-likeness (QED) is 0.714. The summed E-state index contributed by atoms with van der Waals surface area (Å²) in [7, 11) is 0. The van der Waals surface area contributed by atoms with E-state index < -0.39 is 17.3 Å². The average molecular weight is 367 g/mol. The molecule has 1 aromatic carbocycles. The Morgan fingerprint density at radius 3 is 2.85 bits per heavy atom. The number of H-pyrrole nitrogens is 1. The first kappa shape index (κ1) is 16.4. The lowest BCUT2D eigenvalue weighted by atomic mass is 10.1. The van der Waals surface area contributed by atoms with E-state index in [1.54, 1.807) is 0 Å². The Kier molecular flexibility index (Phi) is 3.78. The van der Waals surface area contributed by atoms with Crippen LogP contribution < -0.4 is 15.6 Å². The second kappa shape index (κ2) is 6.00. The number of ether oxygens (including phenoxy) is 1. The SMILES string of the molecule is O=c1[nH]c2nonc2nc1Nc1ccc(OCC2CC2)c(C(F)(F)F)c1. The Morgan fingerprint density at radius 2 is 2.12 bits per heavy atom. The van der Waals surface area contributed by atoms with Gasteiger partial charge in [-0.2, -0.15) is 18.2 Å². The highest BCUT2D eigenvalue weighted by Crippen LogP contribution is 2.39. The van der Waals surface area contributed by atoms with Crippen LogP contribution in [0.25, 0.3) is 11.3 Å².